The third-order valence-corrected chi connectivity index (χ3v) is 4.68. The van der Waals surface area contributed by atoms with Gasteiger partial charge in [0.15, 0.2) is 0 Å². The van der Waals surface area contributed by atoms with E-state index in [1.807, 2.05) is 12.1 Å². The van der Waals surface area contributed by atoms with Gasteiger partial charge >= 0.3 is 0 Å². The molecule has 2 aromatic rings. The van der Waals surface area contributed by atoms with Crippen LogP contribution in [0.1, 0.15) is 23.8 Å². The molecule has 2 nitrogen and oxygen atoms in total. The molecule has 4 heteroatoms. The van der Waals surface area contributed by atoms with Gasteiger partial charge in [-0.2, -0.15) is 0 Å². The molecular formula is C16H21ClN2S. The lowest BCUT2D eigenvalue weighted by atomic mass is 10.0. The van der Waals surface area contributed by atoms with Crippen molar-refractivity contribution in [1.29, 1.82) is 0 Å². The second kappa shape index (κ2) is 7.11. The molecule has 1 unspecified atom stereocenters. The number of thiophene rings is 1. The Labute approximate surface area is 130 Å². The molecule has 0 fully saturated rings. The Morgan fingerprint density at radius 1 is 1.30 bits per heavy atom. The van der Waals surface area contributed by atoms with Gasteiger partial charge in [0.1, 0.15) is 0 Å². The number of rotatable bonds is 6. The van der Waals surface area contributed by atoms with Crippen molar-refractivity contribution in [3.05, 3.63) is 51.2 Å². The molecule has 0 spiro atoms. The summed E-state index contributed by atoms with van der Waals surface area (Å²) in [4.78, 5) is 3.59. The first kappa shape index (κ1) is 15.4. The van der Waals surface area contributed by atoms with Crippen molar-refractivity contribution < 1.29 is 0 Å². The van der Waals surface area contributed by atoms with E-state index in [9.17, 15) is 0 Å². The van der Waals surface area contributed by atoms with Crippen LogP contribution in [0.25, 0.3) is 0 Å². The summed E-state index contributed by atoms with van der Waals surface area (Å²) in [5.41, 5.74) is 8.43. The van der Waals surface area contributed by atoms with Crippen molar-refractivity contribution in [1.82, 2.24) is 0 Å². The van der Waals surface area contributed by atoms with Crippen molar-refractivity contribution in [2.24, 2.45) is 5.73 Å². The van der Waals surface area contributed by atoms with Gasteiger partial charge in [0, 0.05) is 28.7 Å². The van der Waals surface area contributed by atoms with Crippen LogP contribution >= 0.6 is 22.9 Å². The first-order valence-corrected chi connectivity index (χ1v) is 8.14. The number of hydrogen-bond donors (Lipinski definition) is 1. The van der Waals surface area contributed by atoms with Crippen molar-refractivity contribution in [2.75, 3.05) is 11.9 Å². The van der Waals surface area contributed by atoms with Crippen LogP contribution in [0.4, 0.5) is 5.69 Å². The summed E-state index contributed by atoms with van der Waals surface area (Å²) in [5.74, 6) is 0. The fourth-order valence-corrected chi connectivity index (χ4v) is 3.24. The Hall–Kier alpha value is -1.03. The van der Waals surface area contributed by atoms with Crippen LogP contribution in [0, 0.1) is 0 Å². The van der Waals surface area contributed by atoms with Crippen LogP contribution in [0.15, 0.2) is 35.7 Å². The molecule has 0 radical (unpaired) electrons. The Morgan fingerprint density at radius 3 is 2.75 bits per heavy atom. The molecule has 0 amide bonds. The predicted molar refractivity (Wildman–Crippen MR) is 89.8 cm³/mol. The SMILES string of the molecule is CCC(N)Cc1c(Cl)cccc1N(C)Cc1cccs1. The Balaban J connectivity index is 2.23. The minimum Gasteiger partial charge on any atom is -0.369 e. The van der Waals surface area contributed by atoms with Gasteiger partial charge in [0.2, 0.25) is 0 Å². The number of nitrogens with zero attached hydrogens (tertiary/aromatic N) is 1. The average molecular weight is 309 g/mol. The topological polar surface area (TPSA) is 29.3 Å². The van der Waals surface area contributed by atoms with Gasteiger partial charge in [-0.15, -0.1) is 11.3 Å². The molecule has 1 heterocycles. The maximum absolute atomic E-state index is 6.38. The highest BCUT2D eigenvalue weighted by molar-refractivity contribution is 7.09. The summed E-state index contributed by atoms with van der Waals surface area (Å²) < 4.78 is 0. The van der Waals surface area contributed by atoms with Crippen LogP contribution in [-0.4, -0.2) is 13.1 Å². The second-order valence-corrected chi connectivity index (χ2v) is 6.48. The Kier molecular flexibility index (Phi) is 5.46. The van der Waals surface area contributed by atoms with E-state index in [-0.39, 0.29) is 6.04 Å². The highest BCUT2D eigenvalue weighted by Crippen LogP contribution is 2.29. The van der Waals surface area contributed by atoms with Crippen molar-refractivity contribution in [2.45, 2.75) is 32.4 Å². The van der Waals surface area contributed by atoms with E-state index in [0.717, 1.165) is 30.0 Å². The van der Waals surface area contributed by atoms with E-state index in [2.05, 4.69) is 42.5 Å². The molecule has 20 heavy (non-hydrogen) atoms. The van der Waals surface area contributed by atoms with Gasteiger partial charge < -0.3 is 10.6 Å². The number of nitrogens with two attached hydrogens (primary N) is 1. The zero-order valence-corrected chi connectivity index (χ0v) is 13.5. The highest BCUT2D eigenvalue weighted by Gasteiger charge is 2.14. The first-order chi connectivity index (χ1) is 9.61. The van der Waals surface area contributed by atoms with Crippen molar-refractivity contribution >= 4 is 28.6 Å². The summed E-state index contributed by atoms with van der Waals surface area (Å²) in [7, 11) is 2.10. The van der Waals surface area contributed by atoms with Crippen LogP contribution in [0.2, 0.25) is 5.02 Å². The van der Waals surface area contributed by atoms with Gasteiger partial charge in [-0.3, -0.25) is 0 Å². The molecule has 0 aliphatic rings. The van der Waals surface area contributed by atoms with E-state index >= 15 is 0 Å². The molecule has 0 saturated heterocycles. The smallest absolute Gasteiger partial charge is 0.0519 e. The maximum atomic E-state index is 6.38. The molecule has 108 valence electrons. The molecule has 0 aliphatic carbocycles. The predicted octanol–water partition coefficient (Wildman–Crippen LogP) is 4.32. The minimum absolute atomic E-state index is 0.156. The van der Waals surface area contributed by atoms with Gasteiger partial charge in [-0.25, -0.2) is 0 Å². The zero-order chi connectivity index (χ0) is 14.5. The fourth-order valence-electron chi connectivity index (χ4n) is 2.23. The molecular weight excluding hydrogens is 288 g/mol. The molecule has 0 saturated carbocycles. The first-order valence-electron chi connectivity index (χ1n) is 6.88. The van der Waals surface area contributed by atoms with E-state index in [1.54, 1.807) is 11.3 Å². The summed E-state index contributed by atoms with van der Waals surface area (Å²) in [6.07, 6.45) is 1.78. The quantitative estimate of drug-likeness (QED) is 0.861. The third kappa shape index (κ3) is 3.75. The zero-order valence-electron chi connectivity index (χ0n) is 12.0. The average Bonchev–Trinajstić information content (AvgIpc) is 2.93. The number of benzene rings is 1. The normalized spacial score (nSPS) is 12.4. The second-order valence-electron chi connectivity index (χ2n) is 5.05. The highest BCUT2D eigenvalue weighted by atomic mass is 35.5. The molecule has 2 N–H and O–H groups in total. The largest absolute Gasteiger partial charge is 0.369 e. The number of hydrogen-bond acceptors (Lipinski definition) is 3. The van der Waals surface area contributed by atoms with Gasteiger partial charge in [-0.1, -0.05) is 30.7 Å². The third-order valence-electron chi connectivity index (χ3n) is 3.47. The number of halogens is 1. The standard InChI is InChI=1S/C16H21ClN2S/c1-3-12(18)10-14-15(17)7-4-8-16(14)19(2)11-13-6-5-9-20-13/h4-9,12H,3,10-11,18H2,1-2H3. The minimum atomic E-state index is 0.156. The number of anilines is 1. The van der Waals surface area contributed by atoms with Gasteiger partial charge in [-0.05, 0) is 42.0 Å². The summed E-state index contributed by atoms with van der Waals surface area (Å²) in [6.45, 7) is 3.00. The summed E-state index contributed by atoms with van der Waals surface area (Å²) in [6, 6.07) is 10.5. The van der Waals surface area contributed by atoms with Crippen LogP contribution in [0.5, 0.6) is 0 Å². The molecule has 0 bridgehead atoms. The van der Waals surface area contributed by atoms with Crippen molar-refractivity contribution in [3.8, 4) is 0 Å². The van der Waals surface area contributed by atoms with E-state index < -0.39 is 0 Å². The van der Waals surface area contributed by atoms with E-state index in [4.69, 9.17) is 17.3 Å². The lowest BCUT2D eigenvalue weighted by molar-refractivity contribution is 0.645. The molecule has 2 rings (SSSR count). The van der Waals surface area contributed by atoms with E-state index in [1.165, 1.54) is 10.6 Å². The van der Waals surface area contributed by atoms with Crippen LogP contribution in [-0.2, 0) is 13.0 Å². The lowest BCUT2D eigenvalue weighted by Gasteiger charge is -2.24. The summed E-state index contributed by atoms with van der Waals surface area (Å²) in [5, 5.41) is 2.92. The molecule has 1 atom stereocenters. The van der Waals surface area contributed by atoms with Gasteiger partial charge in [0.05, 0.1) is 6.54 Å². The fraction of sp³-hybridized carbons (Fsp3) is 0.375. The monoisotopic (exact) mass is 308 g/mol. The van der Waals surface area contributed by atoms with Crippen LogP contribution < -0.4 is 10.6 Å². The Morgan fingerprint density at radius 2 is 2.10 bits per heavy atom. The van der Waals surface area contributed by atoms with Crippen LogP contribution in [0.3, 0.4) is 0 Å². The maximum Gasteiger partial charge on any atom is 0.0519 e. The molecule has 1 aromatic heterocycles. The van der Waals surface area contributed by atoms with Gasteiger partial charge in [0.25, 0.3) is 0 Å². The summed E-state index contributed by atoms with van der Waals surface area (Å²) >= 11 is 8.15. The lowest BCUT2D eigenvalue weighted by Crippen LogP contribution is -2.24. The van der Waals surface area contributed by atoms with E-state index in [0.29, 0.717) is 0 Å². The molecule has 0 aliphatic heterocycles. The molecule has 1 aromatic carbocycles. The Bertz CT molecular complexity index is 539. The van der Waals surface area contributed by atoms with Crippen molar-refractivity contribution in [3.63, 3.8) is 0 Å².